The number of benzene rings is 1. The summed E-state index contributed by atoms with van der Waals surface area (Å²) in [5, 5.41) is 0. The fraction of sp³-hybridized carbons (Fsp3) is 0.267. The Kier molecular flexibility index (Phi) is 3.73. The zero-order chi connectivity index (χ0) is 13.2. The first-order valence-corrected chi connectivity index (χ1v) is 7.06. The zero-order valence-corrected chi connectivity index (χ0v) is 11.7. The Balaban J connectivity index is 2.25. The van der Waals surface area contributed by atoms with Crippen molar-refractivity contribution in [2.24, 2.45) is 0 Å². The minimum Gasteiger partial charge on any atom is -0.606 e. The monoisotopic (exact) mass is 259 g/mol. The van der Waals surface area contributed by atoms with Crippen LogP contribution in [-0.2, 0) is 16.6 Å². The number of hydrogen-bond acceptors (Lipinski definition) is 2. The van der Waals surface area contributed by atoms with E-state index in [1.165, 1.54) is 5.56 Å². The van der Waals surface area contributed by atoms with Crippen molar-refractivity contribution in [2.45, 2.75) is 36.0 Å². The van der Waals surface area contributed by atoms with Gasteiger partial charge in [0.25, 0.3) is 0 Å². The molecule has 0 saturated carbocycles. The third-order valence-corrected chi connectivity index (χ3v) is 4.15. The van der Waals surface area contributed by atoms with Crippen LogP contribution in [0.3, 0.4) is 0 Å². The lowest BCUT2D eigenvalue weighted by Gasteiger charge is -2.19. The standard InChI is InChI=1S/C15H17NOS/c1-15(2,3)12-6-8-13(9-7-12)18(17)14-5-4-10-16-11-14/h4-11H,1-3H3. The van der Waals surface area contributed by atoms with Crippen molar-refractivity contribution in [1.82, 2.24) is 4.98 Å². The quantitative estimate of drug-likeness (QED) is 0.773. The van der Waals surface area contributed by atoms with Crippen LogP contribution in [0.5, 0.6) is 0 Å². The summed E-state index contributed by atoms with van der Waals surface area (Å²) in [5.41, 5.74) is 1.36. The van der Waals surface area contributed by atoms with Crippen molar-refractivity contribution in [3.05, 3.63) is 54.4 Å². The summed E-state index contributed by atoms with van der Waals surface area (Å²) in [5.74, 6) is 0. The van der Waals surface area contributed by atoms with Crippen molar-refractivity contribution < 1.29 is 4.55 Å². The van der Waals surface area contributed by atoms with Crippen LogP contribution in [0.1, 0.15) is 26.3 Å². The fourth-order valence-electron chi connectivity index (χ4n) is 1.67. The summed E-state index contributed by atoms with van der Waals surface area (Å²) < 4.78 is 12.3. The van der Waals surface area contributed by atoms with Crippen LogP contribution in [-0.4, -0.2) is 9.54 Å². The van der Waals surface area contributed by atoms with Gasteiger partial charge < -0.3 is 4.55 Å². The van der Waals surface area contributed by atoms with Gasteiger partial charge in [-0.15, -0.1) is 0 Å². The molecule has 1 aromatic carbocycles. The smallest absolute Gasteiger partial charge is 0.176 e. The second-order valence-electron chi connectivity index (χ2n) is 5.23. The van der Waals surface area contributed by atoms with Gasteiger partial charge in [-0.05, 0) is 35.2 Å². The second-order valence-corrected chi connectivity index (χ2v) is 6.71. The third kappa shape index (κ3) is 2.92. The van der Waals surface area contributed by atoms with E-state index in [4.69, 9.17) is 0 Å². The zero-order valence-electron chi connectivity index (χ0n) is 10.9. The fourth-order valence-corrected chi connectivity index (χ4v) is 2.69. The molecule has 1 atom stereocenters. The van der Waals surface area contributed by atoms with E-state index in [-0.39, 0.29) is 5.41 Å². The summed E-state index contributed by atoms with van der Waals surface area (Å²) in [6.45, 7) is 6.50. The molecule has 0 aliphatic rings. The summed E-state index contributed by atoms with van der Waals surface area (Å²) >= 11 is -1.14. The Hall–Kier alpha value is -1.32. The van der Waals surface area contributed by atoms with Gasteiger partial charge in [0.15, 0.2) is 9.79 Å². The Morgan fingerprint density at radius 3 is 2.17 bits per heavy atom. The Labute approximate surface area is 111 Å². The highest BCUT2D eigenvalue weighted by Gasteiger charge is 2.17. The molecule has 0 aliphatic carbocycles. The normalized spacial score (nSPS) is 13.3. The van der Waals surface area contributed by atoms with E-state index in [1.54, 1.807) is 18.5 Å². The Bertz CT molecular complexity index is 502. The minimum absolute atomic E-state index is 0.119. The summed E-state index contributed by atoms with van der Waals surface area (Å²) in [4.78, 5) is 5.55. The van der Waals surface area contributed by atoms with Gasteiger partial charge in [0, 0.05) is 17.4 Å². The van der Waals surface area contributed by atoms with Crippen molar-refractivity contribution in [1.29, 1.82) is 0 Å². The van der Waals surface area contributed by atoms with Crippen LogP contribution < -0.4 is 0 Å². The molecule has 0 saturated heterocycles. The maximum Gasteiger partial charge on any atom is 0.176 e. The summed E-state index contributed by atoms with van der Waals surface area (Å²) in [6, 6.07) is 11.6. The molecule has 0 N–H and O–H groups in total. The van der Waals surface area contributed by atoms with Gasteiger partial charge >= 0.3 is 0 Å². The average molecular weight is 259 g/mol. The van der Waals surface area contributed by atoms with Gasteiger partial charge in [-0.1, -0.05) is 32.9 Å². The molecule has 1 heterocycles. The summed E-state index contributed by atoms with van der Waals surface area (Å²) in [7, 11) is 0. The molecule has 0 bridgehead atoms. The van der Waals surface area contributed by atoms with Gasteiger partial charge in [-0.3, -0.25) is 4.98 Å². The van der Waals surface area contributed by atoms with Crippen LogP contribution in [0.4, 0.5) is 0 Å². The lowest BCUT2D eigenvalue weighted by molar-refractivity contribution is 0.586. The maximum absolute atomic E-state index is 12.3. The van der Waals surface area contributed by atoms with E-state index >= 15 is 0 Å². The molecule has 0 spiro atoms. The highest BCUT2D eigenvalue weighted by molar-refractivity contribution is 7.91. The number of nitrogens with zero attached hydrogens (tertiary/aromatic N) is 1. The molecule has 94 valence electrons. The molecule has 0 radical (unpaired) electrons. The van der Waals surface area contributed by atoms with E-state index in [2.05, 4.69) is 25.8 Å². The first kappa shape index (κ1) is 13.1. The average Bonchev–Trinajstić information content (AvgIpc) is 2.38. The van der Waals surface area contributed by atoms with Crippen LogP contribution in [0, 0.1) is 0 Å². The van der Waals surface area contributed by atoms with Crippen LogP contribution in [0.2, 0.25) is 0 Å². The Morgan fingerprint density at radius 1 is 1.00 bits per heavy atom. The van der Waals surface area contributed by atoms with Gasteiger partial charge in [0.2, 0.25) is 0 Å². The largest absolute Gasteiger partial charge is 0.606 e. The number of aromatic nitrogens is 1. The van der Waals surface area contributed by atoms with E-state index in [1.807, 2.05) is 30.3 Å². The number of hydrogen-bond donors (Lipinski definition) is 0. The first-order chi connectivity index (χ1) is 8.48. The van der Waals surface area contributed by atoms with E-state index < -0.39 is 11.2 Å². The molecule has 2 rings (SSSR count). The van der Waals surface area contributed by atoms with E-state index in [9.17, 15) is 4.55 Å². The first-order valence-electron chi connectivity index (χ1n) is 5.91. The number of pyridine rings is 1. The summed E-state index contributed by atoms with van der Waals surface area (Å²) in [6.07, 6.45) is 3.33. The molecule has 18 heavy (non-hydrogen) atoms. The molecule has 0 fully saturated rings. The highest BCUT2D eigenvalue weighted by Crippen LogP contribution is 2.25. The van der Waals surface area contributed by atoms with E-state index in [0.717, 1.165) is 9.79 Å². The molecular formula is C15H17NOS. The third-order valence-electron chi connectivity index (χ3n) is 2.78. The van der Waals surface area contributed by atoms with Gasteiger partial charge in [0.1, 0.15) is 0 Å². The number of rotatable bonds is 2. The van der Waals surface area contributed by atoms with Gasteiger partial charge in [0.05, 0.1) is 6.20 Å². The maximum atomic E-state index is 12.3. The predicted molar refractivity (Wildman–Crippen MR) is 74.1 cm³/mol. The van der Waals surface area contributed by atoms with Crippen molar-refractivity contribution in [3.63, 3.8) is 0 Å². The van der Waals surface area contributed by atoms with Crippen LogP contribution >= 0.6 is 0 Å². The lowest BCUT2D eigenvalue weighted by atomic mass is 9.87. The second kappa shape index (κ2) is 5.12. The topological polar surface area (TPSA) is 36.0 Å². The van der Waals surface area contributed by atoms with Crippen LogP contribution in [0.25, 0.3) is 0 Å². The molecule has 3 heteroatoms. The van der Waals surface area contributed by atoms with Gasteiger partial charge in [-0.25, -0.2) is 0 Å². The minimum atomic E-state index is -1.14. The lowest BCUT2D eigenvalue weighted by Crippen LogP contribution is -2.11. The predicted octanol–water partition coefficient (Wildman–Crippen LogP) is 3.55. The highest BCUT2D eigenvalue weighted by atomic mass is 32.2. The Morgan fingerprint density at radius 2 is 1.67 bits per heavy atom. The molecule has 2 nitrogen and oxygen atoms in total. The van der Waals surface area contributed by atoms with Crippen molar-refractivity contribution >= 4 is 11.2 Å². The van der Waals surface area contributed by atoms with Crippen molar-refractivity contribution in [2.75, 3.05) is 0 Å². The molecule has 1 unspecified atom stereocenters. The molecular weight excluding hydrogens is 242 g/mol. The molecule has 0 amide bonds. The van der Waals surface area contributed by atoms with Gasteiger partial charge in [-0.2, -0.15) is 0 Å². The van der Waals surface area contributed by atoms with E-state index in [0.29, 0.717) is 0 Å². The SMILES string of the molecule is CC(C)(C)c1ccc([S+]([O-])c2cccnc2)cc1. The van der Waals surface area contributed by atoms with Crippen LogP contribution in [0.15, 0.2) is 58.6 Å². The van der Waals surface area contributed by atoms with Crippen molar-refractivity contribution in [3.8, 4) is 0 Å². The molecule has 1 aromatic heterocycles. The molecule has 0 aliphatic heterocycles. The molecule has 2 aromatic rings.